The lowest BCUT2D eigenvalue weighted by Gasteiger charge is -2.20. The van der Waals surface area contributed by atoms with Gasteiger partial charge in [0.15, 0.2) is 0 Å². The van der Waals surface area contributed by atoms with E-state index in [9.17, 15) is 9.59 Å². The third-order valence-corrected chi connectivity index (χ3v) is 3.32. The summed E-state index contributed by atoms with van der Waals surface area (Å²) in [5, 5.41) is 11.9. The lowest BCUT2D eigenvalue weighted by atomic mass is 9.82. The van der Waals surface area contributed by atoms with Gasteiger partial charge in [-0.15, -0.1) is 0 Å². The van der Waals surface area contributed by atoms with E-state index in [1.807, 2.05) is 6.92 Å². The van der Waals surface area contributed by atoms with Gasteiger partial charge in [-0.2, -0.15) is 0 Å². The molecule has 2 N–H and O–H groups in total. The van der Waals surface area contributed by atoms with Crippen LogP contribution in [0.2, 0.25) is 0 Å². The molecule has 0 radical (unpaired) electrons. The SMILES string of the molecule is CCCCNC(=O)[C@@H]1[C@@H](C(=O)O)[C@@H]2C=C[C@@H]1O2. The number of amides is 1. The summed E-state index contributed by atoms with van der Waals surface area (Å²) >= 11 is 0. The van der Waals surface area contributed by atoms with Crippen LogP contribution in [0.15, 0.2) is 12.2 Å². The van der Waals surface area contributed by atoms with Gasteiger partial charge in [0.2, 0.25) is 5.91 Å². The Bertz CT molecular complexity index is 352. The summed E-state index contributed by atoms with van der Waals surface area (Å²) in [7, 11) is 0. The first kappa shape index (κ1) is 12.1. The van der Waals surface area contributed by atoms with Crippen molar-refractivity contribution < 1.29 is 19.4 Å². The number of carbonyl (C=O) groups excluding carboxylic acids is 1. The fraction of sp³-hybridized carbons (Fsp3) is 0.667. The molecule has 0 aromatic carbocycles. The average molecular weight is 239 g/mol. The average Bonchev–Trinajstić information content (AvgIpc) is 2.88. The van der Waals surface area contributed by atoms with E-state index in [0.717, 1.165) is 12.8 Å². The molecule has 0 aliphatic carbocycles. The molecule has 0 aromatic heterocycles. The second-order valence-electron chi connectivity index (χ2n) is 4.48. The van der Waals surface area contributed by atoms with Crippen molar-refractivity contribution in [2.45, 2.75) is 32.0 Å². The second kappa shape index (κ2) is 4.87. The monoisotopic (exact) mass is 239 g/mol. The lowest BCUT2D eigenvalue weighted by molar-refractivity contribution is -0.146. The molecule has 0 unspecified atom stereocenters. The number of carbonyl (C=O) groups is 2. The third kappa shape index (κ3) is 2.20. The van der Waals surface area contributed by atoms with Crippen LogP contribution in [-0.4, -0.2) is 35.7 Å². The van der Waals surface area contributed by atoms with Gasteiger partial charge in [-0.25, -0.2) is 0 Å². The van der Waals surface area contributed by atoms with Gasteiger partial charge in [-0.05, 0) is 6.42 Å². The highest BCUT2D eigenvalue weighted by atomic mass is 16.5. The molecule has 0 aromatic rings. The number of nitrogens with one attached hydrogen (secondary N) is 1. The smallest absolute Gasteiger partial charge is 0.310 e. The van der Waals surface area contributed by atoms with Crippen LogP contribution in [-0.2, 0) is 14.3 Å². The molecule has 2 bridgehead atoms. The Hall–Kier alpha value is -1.36. The van der Waals surface area contributed by atoms with Crippen LogP contribution >= 0.6 is 0 Å². The molecule has 0 saturated carbocycles. The van der Waals surface area contributed by atoms with E-state index in [-0.39, 0.29) is 12.0 Å². The van der Waals surface area contributed by atoms with Crippen molar-refractivity contribution in [3.63, 3.8) is 0 Å². The summed E-state index contributed by atoms with van der Waals surface area (Å²) < 4.78 is 5.43. The minimum Gasteiger partial charge on any atom is -0.481 e. The first-order valence-corrected chi connectivity index (χ1v) is 5.99. The van der Waals surface area contributed by atoms with Crippen molar-refractivity contribution in [3.05, 3.63) is 12.2 Å². The molecule has 4 atom stereocenters. The zero-order valence-corrected chi connectivity index (χ0v) is 9.76. The number of hydrogen-bond donors (Lipinski definition) is 2. The Balaban J connectivity index is 2.01. The van der Waals surface area contributed by atoms with Gasteiger partial charge in [0.05, 0.1) is 18.1 Å². The molecule has 5 nitrogen and oxygen atoms in total. The number of unbranched alkanes of at least 4 members (excludes halogenated alkanes) is 1. The number of fused-ring (bicyclic) bond motifs is 2. The topological polar surface area (TPSA) is 75.6 Å². The van der Waals surface area contributed by atoms with E-state index in [1.165, 1.54) is 0 Å². The highest BCUT2D eigenvalue weighted by Crippen LogP contribution is 2.39. The fourth-order valence-corrected chi connectivity index (χ4v) is 2.42. The van der Waals surface area contributed by atoms with Crippen LogP contribution in [0.5, 0.6) is 0 Å². The zero-order valence-electron chi connectivity index (χ0n) is 9.76. The molecule has 2 heterocycles. The maximum atomic E-state index is 11.9. The number of rotatable bonds is 5. The van der Waals surface area contributed by atoms with Crippen LogP contribution in [0.4, 0.5) is 0 Å². The van der Waals surface area contributed by atoms with Crippen LogP contribution in [0.1, 0.15) is 19.8 Å². The zero-order chi connectivity index (χ0) is 12.4. The summed E-state index contributed by atoms with van der Waals surface area (Å²) in [5.41, 5.74) is 0. The molecule has 1 fully saturated rings. The summed E-state index contributed by atoms with van der Waals surface area (Å²) in [4.78, 5) is 23.1. The Morgan fingerprint density at radius 1 is 1.29 bits per heavy atom. The lowest BCUT2D eigenvalue weighted by Crippen LogP contribution is -2.42. The Labute approximate surface area is 99.8 Å². The number of ether oxygens (including phenoxy) is 1. The normalized spacial score (nSPS) is 33.9. The molecular weight excluding hydrogens is 222 g/mol. The molecule has 1 amide bonds. The van der Waals surface area contributed by atoms with Gasteiger partial charge in [0, 0.05) is 6.54 Å². The summed E-state index contributed by atoms with van der Waals surface area (Å²) in [6.45, 7) is 2.63. The van der Waals surface area contributed by atoms with Crippen molar-refractivity contribution in [1.82, 2.24) is 5.32 Å². The van der Waals surface area contributed by atoms with E-state index in [4.69, 9.17) is 9.84 Å². The van der Waals surface area contributed by atoms with Crippen LogP contribution < -0.4 is 5.32 Å². The highest BCUT2D eigenvalue weighted by Gasteiger charge is 2.52. The van der Waals surface area contributed by atoms with E-state index < -0.39 is 23.9 Å². The standard InChI is InChI=1S/C12H17NO4/c1-2-3-6-13-11(14)9-7-4-5-8(17-7)10(9)12(15)16/h4-5,7-10H,2-3,6H2,1H3,(H,13,14)(H,15,16)/t7-,8-,9-,10-/m0/s1. The minimum absolute atomic E-state index is 0.206. The van der Waals surface area contributed by atoms with Crippen molar-refractivity contribution in [2.75, 3.05) is 6.54 Å². The van der Waals surface area contributed by atoms with Crippen molar-refractivity contribution in [3.8, 4) is 0 Å². The maximum Gasteiger partial charge on any atom is 0.310 e. The Morgan fingerprint density at radius 3 is 2.53 bits per heavy atom. The van der Waals surface area contributed by atoms with Crippen molar-refractivity contribution >= 4 is 11.9 Å². The minimum atomic E-state index is -0.961. The highest BCUT2D eigenvalue weighted by molar-refractivity contribution is 5.87. The van der Waals surface area contributed by atoms with Crippen LogP contribution in [0.3, 0.4) is 0 Å². The molecule has 0 spiro atoms. The van der Waals surface area contributed by atoms with Gasteiger partial charge in [0.1, 0.15) is 5.92 Å². The molecule has 2 rings (SSSR count). The Morgan fingerprint density at radius 2 is 1.94 bits per heavy atom. The molecule has 2 aliphatic heterocycles. The van der Waals surface area contributed by atoms with Crippen LogP contribution in [0, 0.1) is 11.8 Å². The first-order chi connectivity index (χ1) is 8.15. The molecule has 94 valence electrons. The number of carboxylic acids is 1. The fourth-order valence-electron chi connectivity index (χ4n) is 2.42. The van der Waals surface area contributed by atoms with E-state index in [0.29, 0.717) is 6.54 Å². The summed E-state index contributed by atoms with van der Waals surface area (Å²) in [6, 6.07) is 0. The molecule has 1 saturated heterocycles. The third-order valence-electron chi connectivity index (χ3n) is 3.32. The van der Waals surface area contributed by atoms with Crippen LogP contribution in [0.25, 0.3) is 0 Å². The maximum absolute atomic E-state index is 11.9. The summed E-state index contributed by atoms with van der Waals surface area (Å²) in [6.07, 6.45) is 4.60. The van der Waals surface area contributed by atoms with Crippen molar-refractivity contribution in [2.24, 2.45) is 11.8 Å². The predicted octanol–water partition coefficient (Wildman–Crippen LogP) is 0.557. The van der Waals surface area contributed by atoms with Gasteiger partial charge in [0.25, 0.3) is 0 Å². The second-order valence-corrected chi connectivity index (χ2v) is 4.48. The van der Waals surface area contributed by atoms with Gasteiger partial charge in [-0.1, -0.05) is 25.5 Å². The number of carboxylic acid groups (broad SMARTS) is 1. The Kier molecular flexibility index (Phi) is 3.47. The molecular formula is C12H17NO4. The predicted molar refractivity (Wildman–Crippen MR) is 60.3 cm³/mol. The van der Waals surface area contributed by atoms with E-state index in [2.05, 4.69) is 5.32 Å². The molecule has 17 heavy (non-hydrogen) atoms. The number of hydrogen-bond acceptors (Lipinski definition) is 3. The molecule has 2 aliphatic rings. The largest absolute Gasteiger partial charge is 0.481 e. The van der Waals surface area contributed by atoms with E-state index in [1.54, 1.807) is 12.2 Å². The quantitative estimate of drug-likeness (QED) is 0.543. The van der Waals surface area contributed by atoms with Gasteiger partial charge >= 0.3 is 5.97 Å². The first-order valence-electron chi connectivity index (χ1n) is 5.99. The molecule has 5 heteroatoms. The van der Waals surface area contributed by atoms with Crippen molar-refractivity contribution in [1.29, 1.82) is 0 Å². The number of aliphatic carboxylic acids is 1. The van der Waals surface area contributed by atoms with Gasteiger partial charge in [-0.3, -0.25) is 9.59 Å². The van der Waals surface area contributed by atoms with Gasteiger partial charge < -0.3 is 15.2 Å². The summed E-state index contributed by atoms with van der Waals surface area (Å²) in [5.74, 6) is -2.49. The van der Waals surface area contributed by atoms with E-state index >= 15 is 0 Å².